The second-order valence-corrected chi connectivity index (χ2v) is 7.15. The van der Waals surface area contributed by atoms with Crippen LogP contribution in [0.5, 0.6) is 0 Å². The molecule has 8 heteroatoms. The zero-order valence-electron chi connectivity index (χ0n) is 16.4. The number of aryl methyl sites for hydroxylation is 1. The summed E-state index contributed by atoms with van der Waals surface area (Å²) in [5, 5.41) is 2.96. The van der Waals surface area contributed by atoms with E-state index < -0.39 is 30.3 Å². The van der Waals surface area contributed by atoms with Crippen LogP contribution in [0.1, 0.15) is 40.2 Å². The van der Waals surface area contributed by atoms with E-state index in [1.54, 1.807) is 13.0 Å². The first kappa shape index (κ1) is 22.3. The standard InChI is InChI=1S/C21H22FNO5S/c1-4-15-13(3)29-20(19(15)21(26)27-5-2)23-17(24)12-28-18(25)11-10-14-8-6-7-9-16(14)22/h6-11H,4-5,12H2,1-3H3,(H,23,24)/b11-10+. The molecular formula is C21H22FNO5S. The summed E-state index contributed by atoms with van der Waals surface area (Å²) in [6, 6.07) is 5.95. The third-order valence-corrected chi connectivity index (χ3v) is 5.01. The molecule has 6 nitrogen and oxygen atoms in total. The Balaban J connectivity index is 2.00. The zero-order valence-corrected chi connectivity index (χ0v) is 17.2. The molecule has 0 saturated heterocycles. The summed E-state index contributed by atoms with van der Waals surface area (Å²) in [5.41, 5.74) is 1.37. The van der Waals surface area contributed by atoms with Crippen LogP contribution >= 0.6 is 11.3 Å². The van der Waals surface area contributed by atoms with E-state index in [2.05, 4.69) is 5.32 Å². The van der Waals surface area contributed by atoms with Gasteiger partial charge in [-0.15, -0.1) is 11.3 Å². The van der Waals surface area contributed by atoms with Crippen molar-refractivity contribution in [2.24, 2.45) is 0 Å². The van der Waals surface area contributed by atoms with Crippen LogP contribution in [0, 0.1) is 12.7 Å². The number of rotatable bonds is 8. The fraction of sp³-hybridized carbons (Fsp3) is 0.286. The SMILES string of the molecule is CCOC(=O)c1c(NC(=O)COC(=O)/C=C/c2ccccc2F)sc(C)c1CC. The highest BCUT2D eigenvalue weighted by Crippen LogP contribution is 2.34. The molecule has 0 fully saturated rings. The predicted molar refractivity (Wildman–Crippen MR) is 109 cm³/mol. The number of carbonyl (C=O) groups excluding carboxylic acids is 3. The van der Waals surface area contributed by atoms with Gasteiger partial charge in [0.2, 0.25) is 0 Å². The Labute approximate surface area is 172 Å². The molecule has 1 aromatic carbocycles. The Bertz CT molecular complexity index is 935. The van der Waals surface area contributed by atoms with E-state index >= 15 is 0 Å². The molecule has 29 heavy (non-hydrogen) atoms. The van der Waals surface area contributed by atoms with Gasteiger partial charge < -0.3 is 14.8 Å². The highest BCUT2D eigenvalue weighted by atomic mass is 32.1. The molecule has 0 radical (unpaired) electrons. The average molecular weight is 419 g/mol. The van der Waals surface area contributed by atoms with Gasteiger partial charge in [-0.25, -0.2) is 14.0 Å². The van der Waals surface area contributed by atoms with Crippen molar-refractivity contribution in [2.75, 3.05) is 18.5 Å². The number of hydrogen-bond donors (Lipinski definition) is 1. The first-order valence-electron chi connectivity index (χ1n) is 9.05. The highest BCUT2D eigenvalue weighted by molar-refractivity contribution is 7.16. The fourth-order valence-corrected chi connectivity index (χ4v) is 3.78. The number of amides is 1. The maximum Gasteiger partial charge on any atom is 0.341 e. The predicted octanol–water partition coefficient (Wildman–Crippen LogP) is 4.13. The van der Waals surface area contributed by atoms with Crippen molar-refractivity contribution in [2.45, 2.75) is 27.2 Å². The van der Waals surface area contributed by atoms with Crippen LogP contribution in [0.25, 0.3) is 6.08 Å². The number of carbonyl (C=O) groups is 3. The van der Waals surface area contributed by atoms with E-state index in [4.69, 9.17) is 9.47 Å². The van der Waals surface area contributed by atoms with Crippen molar-refractivity contribution in [3.05, 3.63) is 57.7 Å². The van der Waals surface area contributed by atoms with Crippen molar-refractivity contribution in [1.82, 2.24) is 0 Å². The molecule has 0 aliphatic heterocycles. The molecule has 154 valence electrons. The van der Waals surface area contributed by atoms with E-state index in [-0.39, 0.29) is 12.2 Å². The minimum absolute atomic E-state index is 0.218. The molecule has 0 aliphatic rings. The van der Waals surface area contributed by atoms with Crippen LogP contribution in [0.2, 0.25) is 0 Å². The highest BCUT2D eigenvalue weighted by Gasteiger charge is 2.23. The number of benzene rings is 1. The lowest BCUT2D eigenvalue weighted by molar-refractivity contribution is -0.142. The van der Waals surface area contributed by atoms with Crippen LogP contribution < -0.4 is 5.32 Å². The topological polar surface area (TPSA) is 81.7 Å². The number of ether oxygens (including phenoxy) is 2. The fourth-order valence-electron chi connectivity index (χ4n) is 2.63. The third kappa shape index (κ3) is 5.99. The maximum absolute atomic E-state index is 13.5. The third-order valence-electron chi connectivity index (χ3n) is 3.94. The second-order valence-electron chi connectivity index (χ2n) is 5.93. The van der Waals surface area contributed by atoms with E-state index in [0.717, 1.165) is 16.5 Å². The Morgan fingerprint density at radius 2 is 1.90 bits per heavy atom. The number of nitrogens with one attached hydrogen (secondary N) is 1. The number of hydrogen-bond acceptors (Lipinski definition) is 6. The molecule has 0 unspecified atom stereocenters. The van der Waals surface area contributed by atoms with Crippen LogP contribution in [-0.2, 0) is 25.5 Å². The number of halogens is 1. The van der Waals surface area contributed by atoms with Gasteiger partial charge in [0, 0.05) is 16.5 Å². The molecule has 0 saturated carbocycles. The maximum atomic E-state index is 13.5. The average Bonchev–Trinajstić information content (AvgIpc) is 3.00. The molecule has 1 heterocycles. The van der Waals surface area contributed by atoms with Gasteiger partial charge in [-0.3, -0.25) is 4.79 Å². The Hall–Kier alpha value is -3.00. The smallest absolute Gasteiger partial charge is 0.341 e. The molecule has 2 aromatic rings. The van der Waals surface area contributed by atoms with Gasteiger partial charge in [0.25, 0.3) is 5.91 Å². The van der Waals surface area contributed by atoms with Crippen molar-refractivity contribution in [1.29, 1.82) is 0 Å². The van der Waals surface area contributed by atoms with E-state index in [0.29, 0.717) is 17.0 Å². The van der Waals surface area contributed by atoms with E-state index in [9.17, 15) is 18.8 Å². The summed E-state index contributed by atoms with van der Waals surface area (Å²) < 4.78 is 23.5. The van der Waals surface area contributed by atoms with E-state index in [1.807, 2.05) is 13.8 Å². The molecular weight excluding hydrogens is 397 g/mol. The van der Waals surface area contributed by atoms with E-state index in [1.165, 1.54) is 35.6 Å². The van der Waals surface area contributed by atoms with Gasteiger partial charge in [0.15, 0.2) is 6.61 Å². The lowest BCUT2D eigenvalue weighted by Crippen LogP contribution is -2.21. The Morgan fingerprint density at radius 3 is 2.55 bits per heavy atom. The molecule has 0 bridgehead atoms. The minimum Gasteiger partial charge on any atom is -0.462 e. The Kier molecular flexibility index (Phi) is 8.09. The summed E-state index contributed by atoms with van der Waals surface area (Å²) >= 11 is 1.26. The van der Waals surface area contributed by atoms with Crippen molar-refractivity contribution >= 4 is 40.3 Å². The van der Waals surface area contributed by atoms with Gasteiger partial charge >= 0.3 is 11.9 Å². The molecule has 1 N–H and O–H groups in total. The van der Waals surface area contributed by atoms with Crippen LogP contribution in [0.15, 0.2) is 30.3 Å². The lowest BCUT2D eigenvalue weighted by Gasteiger charge is -2.08. The summed E-state index contributed by atoms with van der Waals surface area (Å²) in [4.78, 5) is 37.1. The molecule has 1 amide bonds. The van der Waals surface area contributed by atoms with Gasteiger partial charge in [-0.1, -0.05) is 25.1 Å². The van der Waals surface area contributed by atoms with Crippen molar-refractivity contribution < 1.29 is 28.2 Å². The molecule has 1 aromatic heterocycles. The largest absolute Gasteiger partial charge is 0.462 e. The van der Waals surface area contributed by atoms with Crippen LogP contribution in [0.4, 0.5) is 9.39 Å². The van der Waals surface area contributed by atoms with Gasteiger partial charge in [0.1, 0.15) is 10.8 Å². The van der Waals surface area contributed by atoms with Gasteiger partial charge in [0.05, 0.1) is 12.2 Å². The van der Waals surface area contributed by atoms with Gasteiger partial charge in [-0.05, 0) is 38.0 Å². The number of esters is 2. The number of anilines is 1. The molecule has 0 atom stereocenters. The Morgan fingerprint density at radius 1 is 1.17 bits per heavy atom. The summed E-state index contributed by atoms with van der Waals surface area (Å²) in [7, 11) is 0. The van der Waals surface area contributed by atoms with Crippen molar-refractivity contribution in [3.8, 4) is 0 Å². The zero-order chi connectivity index (χ0) is 21.4. The minimum atomic E-state index is -0.786. The monoisotopic (exact) mass is 419 g/mol. The first-order valence-corrected chi connectivity index (χ1v) is 9.87. The van der Waals surface area contributed by atoms with Crippen LogP contribution in [0.3, 0.4) is 0 Å². The molecule has 0 aliphatic carbocycles. The first-order chi connectivity index (χ1) is 13.9. The summed E-state index contributed by atoms with van der Waals surface area (Å²) in [6.07, 6.45) is 2.92. The molecule has 2 rings (SSSR count). The number of thiophene rings is 1. The van der Waals surface area contributed by atoms with Crippen LogP contribution in [-0.4, -0.2) is 31.1 Å². The normalized spacial score (nSPS) is 10.8. The van der Waals surface area contributed by atoms with Gasteiger partial charge in [-0.2, -0.15) is 0 Å². The summed E-state index contributed by atoms with van der Waals surface area (Å²) in [5.74, 6) is -2.35. The lowest BCUT2D eigenvalue weighted by atomic mass is 10.1. The quantitative estimate of drug-likeness (QED) is 0.514. The second kappa shape index (κ2) is 10.5. The summed E-state index contributed by atoms with van der Waals surface area (Å²) in [6.45, 7) is 5.15. The van der Waals surface area contributed by atoms with Crippen molar-refractivity contribution in [3.63, 3.8) is 0 Å². The molecule has 0 spiro atoms.